The molecule has 6 heteroatoms. The van der Waals surface area contributed by atoms with Gasteiger partial charge in [0.2, 0.25) is 0 Å². The van der Waals surface area contributed by atoms with Crippen molar-refractivity contribution in [2.45, 2.75) is 40.2 Å². The highest BCUT2D eigenvalue weighted by Gasteiger charge is 2.41. The molecule has 1 N–H and O–H groups in total. The Labute approximate surface area is 166 Å². The lowest BCUT2D eigenvalue weighted by atomic mass is 9.81. The van der Waals surface area contributed by atoms with E-state index in [1.807, 2.05) is 51.1 Å². The third kappa shape index (κ3) is 5.13. The molecule has 0 spiro atoms. The molecule has 0 aromatic heterocycles. The zero-order valence-corrected chi connectivity index (χ0v) is 16.9. The van der Waals surface area contributed by atoms with Crippen LogP contribution in [0.4, 0.5) is 4.79 Å². The Morgan fingerprint density at radius 2 is 2.00 bits per heavy atom. The molecule has 3 atom stereocenters. The number of cyclic esters (lactones) is 1. The van der Waals surface area contributed by atoms with Crippen molar-refractivity contribution in [3.05, 3.63) is 35.9 Å². The molecule has 1 unspecified atom stereocenters. The topological polar surface area (TPSA) is 79.7 Å². The Hall–Kier alpha value is -2.81. The number of amides is 1. The summed E-state index contributed by atoms with van der Waals surface area (Å²) in [5.74, 6) is 4.81. The first-order valence-corrected chi connectivity index (χ1v) is 9.51. The number of rotatable bonds is 7. The zero-order valence-electron chi connectivity index (χ0n) is 16.9. The van der Waals surface area contributed by atoms with Crippen molar-refractivity contribution in [1.82, 2.24) is 4.90 Å². The number of benzene rings is 1. The van der Waals surface area contributed by atoms with Crippen molar-refractivity contribution < 1.29 is 19.1 Å². The van der Waals surface area contributed by atoms with Crippen LogP contribution in [0.1, 0.15) is 45.7 Å². The van der Waals surface area contributed by atoms with Gasteiger partial charge in [-0.1, -0.05) is 57.0 Å². The van der Waals surface area contributed by atoms with Gasteiger partial charge >= 0.3 is 12.1 Å². The van der Waals surface area contributed by atoms with Crippen LogP contribution < -0.4 is 0 Å². The second-order valence-corrected chi connectivity index (χ2v) is 7.26. The monoisotopic (exact) mass is 384 g/mol. The lowest BCUT2D eigenvalue weighted by Gasteiger charge is -2.32. The average molecular weight is 384 g/mol. The number of carbonyl (C=O) groups is 2. The summed E-state index contributed by atoms with van der Waals surface area (Å²) >= 11 is 0. The molecule has 28 heavy (non-hydrogen) atoms. The first kappa shape index (κ1) is 21.5. The van der Waals surface area contributed by atoms with E-state index in [9.17, 15) is 9.59 Å². The predicted octanol–water partition coefficient (Wildman–Crippen LogP) is 4.02. The summed E-state index contributed by atoms with van der Waals surface area (Å²) in [6.07, 6.45) is -0.528. The van der Waals surface area contributed by atoms with E-state index in [-0.39, 0.29) is 43.3 Å². The first-order valence-electron chi connectivity index (χ1n) is 9.51. The molecular formula is C22H28N2O4. The second kappa shape index (κ2) is 9.93. The number of hydrogen-bond acceptors (Lipinski definition) is 5. The van der Waals surface area contributed by atoms with Crippen molar-refractivity contribution in [2.24, 2.45) is 17.8 Å². The van der Waals surface area contributed by atoms with Crippen LogP contribution in [0.15, 0.2) is 30.3 Å². The molecule has 0 bridgehead atoms. The molecule has 1 aromatic carbocycles. The van der Waals surface area contributed by atoms with Crippen LogP contribution >= 0.6 is 0 Å². The number of carbonyl (C=O) groups excluding carboxylic acids is 2. The highest BCUT2D eigenvalue weighted by Crippen LogP contribution is 2.33. The largest absolute Gasteiger partial charge is 0.452 e. The third-order valence-corrected chi connectivity index (χ3v) is 5.22. The van der Waals surface area contributed by atoms with E-state index in [0.29, 0.717) is 0 Å². The molecule has 1 aromatic rings. The standard InChI is InChI=1S/C22H28N2O4/c1-5-6-12-27-20(25)13-18(16(4)15(2)3)21(23)24-19(14-28-22(24)26)17-10-8-7-9-11-17/h7-11,15-16,18-19,23H,12-14H2,1-4H3/t16?,18-,19+/m1/s1. The number of nitrogens with one attached hydrogen (secondary N) is 1. The predicted molar refractivity (Wildman–Crippen MR) is 107 cm³/mol. The van der Waals surface area contributed by atoms with Gasteiger partial charge in [-0.05, 0) is 24.3 Å². The van der Waals surface area contributed by atoms with Gasteiger partial charge in [0.05, 0.1) is 6.42 Å². The van der Waals surface area contributed by atoms with Gasteiger partial charge in [-0.25, -0.2) is 4.79 Å². The minimum atomic E-state index is -0.551. The summed E-state index contributed by atoms with van der Waals surface area (Å²) in [5.41, 5.74) is 0.898. The maximum Gasteiger partial charge on any atom is 0.416 e. The zero-order chi connectivity index (χ0) is 20.7. The molecule has 2 rings (SSSR count). The molecule has 1 heterocycles. The lowest BCUT2D eigenvalue weighted by Crippen LogP contribution is -2.42. The van der Waals surface area contributed by atoms with Crippen LogP contribution in [0.25, 0.3) is 0 Å². The lowest BCUT2D eigenvalue weighted by molar-refractivity contribution is -0.143. The molecule has 0 radical (unpaired) electrons. The van der Waals surface area contributed by atoms with Crippen molar-refractivity contribution in [2.75, 3.05) is 13.2 Å². The molecule has 1 fully saturated rings. The Bertz CT molecular complexity index is 764. The van der Waals surface area contributed by atoms with Crippen LogP contribution in [-0.4, -0.2) is 36.0 Å². The Balaban J connectivity index is 2.24. The average Bonchev–Trinajstić information content (AvgIpc) is 3.07. The molecule has 150 valence electrons. The van der Waals surface area contributed by atoms with Crippen LogP contribution in [-0.2, 0) is 14.3 Å². The summed E-state index contributed by atoms with van der Waals surface area (Å²) in [6.45, 7) is 7.96. The van der Waals surface area contributed by atoms with Crippen molar-refractivity contribution in [3.8, 4) is 11.8 Å². The van der Waals surface area contributed by atoms with Crippen LogP contribution in [0.2, 0.25) is 0 Å². The van der Waals surface area contributed by atoms with Gasteiger partial charge in [0.1, 0.15) is 18.5 Å². The van der Waals surface area contributed by atoms with E-state index in [1.54, 1.807) is 6.92 Å². The smallest absolute Gasteiger partial charge is 0.416 e. The van der Waals surface area contributed by atoms with Crippen molar-refractivity contribution in [3.63, 3.8) is 0 Å². The van der Waals surface area contributed by atoms with Crippen molar-refractivity contribution >= 4 is 17.9 Å². The molecule has 0 aliphatic carbocycles. The summed E-state index contributed by atoms with van der Waals surface area (Å²) in [5, 5.41) is 8.77. The van der Waals surface area contributed by atoms with E-state index < -0.39 is 18.0 Å². The minimum absolute atomic E-state index is 0.00197. The fraction of sp³-hybridized carbons (Fsp3) is 0.500. The fourth-order valence-corrected chi connectivity index (χ4v) is 3.21. The van der Waals surface area contributed by atoms with E-state index in [0.717, 1.165) is 5.56 Å². The van der Waals surface area contributed by atoms with Gasteiger partial charge in [0.25, 0.3) is 0 Å². The number of ether oxygens (including phenoxy) is 2. The quantitative estimate of drug-likeness (QED) is 0.333. The molecular weight excluding hydrogens is 356 g/mol. The highest BCUT2D eigenvalue weighted by molar-refractivity contribution is 5.98. The summed E-state index contributed by atoms with van der Waals surface area (Å²) in [7, 11) is 0. The van der Waals surface area contributed by atoms with E-state index in [4.69, 9.17) is 14.9 Å². The van der Waals surface area contributed by atoms with E-state index in [1.165, 1.54) is 4.90 Å². The van der Waals surface area contributed by atoms with Gasteiger partial charge in [-0.3, -0.25) is 15.1 Å². The maximum atomic E-state index is 12.4. The van der Waals surface area contributed by atoms with Gasteiger partial charge in [0.15, 0.2) is 6.61 Å². The Morgan fingerprint density at radius 1 is 1.32 bits per heavy atom. The van der Waals surface area contributed by atoms with Gasteiger partial charge < -0.3 is 9.47 Å². The summed E-state index contributed by atoms with van der Waals surface area (Å²) in [6, 6.07) is 9.12. The molecule has 1 aliphatic heterocycles. The van der Waals surface area contributed by atoms with Crippen LogP contribution in [0.3, 0.4) is 0 Å². The Morgan fingerprint density at radius 3 is 2.61 bits per heavy atom. The van der Waals surface area contributed by atoms with Gasteiger partial charge in [0, 0.05) is 5.92 Å². The number of nitrogens with zero attached hydrogens (tertiary/aromatic N) is 1. The summed E-state index contributed by atoms with van der Waals surface area (Å²) < 4.78 is 10.4. The van der Waals surface area contributed by atoms with Crippen LogP contribution in [0, 0.1) is 35.0 Å². The van der Waals surface area contributed by atoms with Crippen molar-refractivity contribution in [1.29, 1.82) is 5.41 Å². The fourth-order valence-electron chi connectivity index (χ4n) is 3.21. The Kier molecular flexibility index (Phi) is 7.62. The van der Waals surface area contributed by atoms with Gasteiger partial charge in [-0.15, -0.1) is 5.92 Å². The SMILES string of the molecule is CC#CCOC(=O)C[C@@H](C(=N)N1C(=O)OC[C@H]1c1ccccc1)C(C)C(C)C. The number of esters is 1. The molecule has 6 nitrogen and oxygen atoms in total. The number of hydrogen-bond donors (Lipinski definition) is 1. The highest BCUT2D eigenvalue weighted by atomic mass is 16.6. The summed E-state index contributed by atoms with van der Waals surface area (Å²) in [4.78, 5) is 26.1. The molecule has 1 aliphatic rings. The normalized spacial score (nSPS) is 18.1. The third-order valence-electron chi connectivity index (χ3n) is 5.22. The second-order valence-electron chi connectivity index (χ2n) is 7.26. The van der Waals surface area contributed by atoms with E-state index in [2.05, 4.69) is 11.8 Å². The molecule has 1 saturated heterocycles. The van der Waals surface area contributed by atoms with E-state index >= 15 is 0 Å². The van der Waals surface area contributed by atoms with Crippen LogP contribution in [0.5, 0.6) is 0 Å². The molecule has 1 amide bonds. The van der Waals surface area contributed by atoms with Gasteiger partial charge in [-0.2, -0.15) is 0 Å². The first-order chi connectivity index (χ1) is 13.4. The minimum Gasteiger partial charge on any atom is -0.452 e. The maximum absolute atomic E-state index is 12.4. The molecule has 0 saturated carbocycles. The number of amidine groups is 1.